The summed E-state index contributed by atoms with van der Waals surface area (Å²) in [6, 6.07) is 2.57. The molecule has 0 aliphatic heterocycles. The van der Waals surface area contributed by atoms with Crippen LogP contribution < -0.4 is 16.0 Å². The lowest BCUT2D eigenvalue weighted by Crippen LogP contribution is -2.26. The highest BCUT2D eigenvalue weighted by molar-refractivity contribution is 5.48. The molecule has 0 atom stereocenters. The van der Waals surface area contributed by atoms with Gasteiger partial charge in [-0.1, -0.05) is 25.7 Å². The number of aromatic nitrogens is 2. The molecular weight excluding hydrogens is 238 g/mol. The Balaban J connectivity index is 1.97. The number of rotatable bonds is 5. The predicted molar refractivity (Wildman–Crippen MR) is 79.5 cm³/mol. The quantitative estimate of drug-likeness (QED) is 0.795. The number of nitrogens with zero attached hydrogens (tertiary/aromatic N) is 3. The van der Waals surface area contributed by atoms with Gasteiger partial charge in [0.2, 0.25) is 0 Å². The van der Waals surface area contributed by atoms with Gasteiger partial charge in [0.25, 0.3) is 0 Å². The third-order valence-corrected chi connectivity index (χ3v) is 3.72. The summed E-state index contributed by atoms with van der Waals surface area (Å²) in [5.41, 5.74) is 5.57. The molecule has 3 N–H and O–H groups in total. The molecule has 0 spiro atoms. The molecule has 1 fully saturated rings. The molecular formula is C14H25N5. The monoisotopic (exact) mass is 263 g/mol. The van der Waals surface area contributed by atoms with Crippen LogP contribution in [0.15, 0.2) is 12.4 Å². The summed E-state index contributed by atoms with van der Waals surface area (Å²) >= 11 is 0. The van der Waals surface area contributed by atoms with Crippen LogP contribution in [0.4, 0.5) is 11.6 Å². The van der Waals surface area contributed by atoms with Crippen molar-refractivity contribution in [1.29, 1.82) is 0 Å². The third-order valence-electron chi connectivity index (χ3n) is 3.72. The van der Waals surface area contributed by atoms with Gasteiger partial charge >= 0.3 is 0 Å². The van der Waals surface area contributed by atoms with Gasteiger partial charge < -0.3 is 16.0 Å². The molecule has 106 valence electrons. The van der Waals surface area contributed by atoms with Gasteiger partial charge in [0.15, 0.2) is 0 Å². The maximum atomic E-state index is 5.57. The molecule has 1 aromatic heterocycles. The standard InChI is InChI=1S/C14H25N5/c1-19(9-8-15)14-10-13(16-11-17-14)18-12-6-4-2-3-5-7-12/h10-12H,2-9,15H2,1H3,(H,16,17,18). The van der Waals surface area contributed by atoms with Gasteiger partial charge in [-0.2, -0.15) is 0 Å². The van der Waals surface area contributed by atoms with E-state index in [-0.39, 0.29) is 0 Å². The second-order valence-electron chi connectivity index (χ2n) is 5.30. The van der Waals surface area contributed by atoms with Crippen molar-refractivity contribution in [2.75, 3.05) is 30.4 Å². The fraction of sp³-hybridized carbons (Fsp3) is 0.714. The van der Waals surface area contributed by atoms with Gasteiger partial charge in [0, 0.05) is 32.2 Å². The van der Waals surface area contributed by atoms with Crippen LogP contribution in [0.5, 0.6) is 0 Å². The lowest BCUT2D eigenvalue weighted by Gasteiger charge is -2.20. The number of nitrogens with one attached hydrogen (secondary N) is 1. The molecule has 0 unspecified atom stereocenters. The topological polar surface area (TPSA) is 67.1 Å². The molecule has 19 heavy (non-hydrogen) atoms. The molecule has 0 aromatic carbocycles. The van der Waals surface area contributed by atoms with Crippen LogP contribution in [-0.2, 0) is 0 Å². The summed E-state index contributed by atoms with van der Waals surface area (Å²) in [5.74, 6) is 1.86. The Labute approximate surface area is 115 Å². The van der Waals surface area contributed by atoms with Crippen molar-refractivity contribution in [2.24, 2.45) is 5.73 Å². The molecule has 1 aromatic rings. The van der Waals surface area contributed by atoms with Crippen LogP contribution in [0.3, 0.4) is 0 Å². The molecule has 1 heterocycles. The van der Waals surface area contributed by atoms with E-state index in [4.69, 9.17) is 5.73 Å². The number of nitrogens with two attached hydrogens (primary N) is 1. The Morgan fingerprint density at radius 3 is 2.68 bits per heavy atom. The molecule has 5 nitrogen and oxygen atoms in total. The summed E-state index contributed by atoms with van der Waals surface area (Å²) < 4.78 is 0. The Hall–Kier alpha value is -1.36. The Morgan fingerprint density at radius 2 is 2.00 bits per heavy atom. The van der Waals surface area contributed by atoms with Crippen LogP contribution in [-0.4, -0.2) is 36.1 Å². The minimum absolute atomic E-state index is 0.560. The van der Waals surface area contributed by atoms with Gasteiger partial charge in [0.1, 0.15) is 18.0 Å². The van der Waals surface area contributed by atoms with Crippen LogP contribution in [0.25, 0.3) is 0 Å². The fourth-order valence-electron chi connectivity index (χ4n) is 2.58. The molecule has 0 radical (unpaired) electrons. The van der Waals surface area contributed by atoms with Crippen molar-refractivity contribution in [2.45, 2.75) is 44.6 Å². The van der Waals surface area contributed by atoms with Crippen molar-refractivity contribution >= 4 is 11.6 Å². The van der Waals surface area contributed by atoms with Crippen LogP contribution in [0.2, 0.25) is 0 Å². The van der Waals surface area contributed by atoms with E-state index < -0.39 is 0 Å². The van der Waals surface area contributed by atoms with Crippen LogP contribution >= 0.6 is 0 Å². The van der Waals surface area contributed by atoms with E-state index in [1.54, 1.807) is 6.33 Å². The van der Waals surface area contributed by atoms with Crippen molar-refractivity contribution in [3.63, 3.8) is 0 Å². The second-order valence-corrected chi connectivity index (χ2v) is 5.30. The van der Waals surface area contributed by atoms with Gasteiger partial charge in [-0.3, -0.25) is 0 Å². The molecule has 0 saturated heterocycles. The van der Waals surface area contributed by atoms with Crippen molar-refractivity contribution < 1.29 is 0 Å². The number of anilines is 2. The van der Waals surface area contributed by atoms with Gasteiger partial charge in [0.05, 0.1) is 0 Å². The first kappa shape index (κ1) is 14.1. The summed E-state index contributed by atoms with van der Waals surface area (Å²) in [6.07, 6.45) is 9.50. The Morgan fingerprint density at radius 1 is 1.26 bits per heavy atom. The lowest BCUT2D eigenvalue weighted by molar-refractivity contribution is 0.617. The fourth-order valence-corrected chi connectivity index (χ4v) is 2.58. The number of hydrogen-bond donors (Lipinski definition) is 2. The molecule has 0 amide bonds. The summed E-state index contributed by atoms with van der Waals surface area (Å²) in [6.45, 7) is 1.44. The summed E-state index contributed by atoms with van der Waals surface area (Å²) in [4.78, 5) is 10.7. The van der Waals surface area contributed by atoms with Crippen molar-refractivity contribution in [3.05, 3.63) is 12.4 Å². The second kappa shape index (κ2) is 7.28. The van der Waals surface area contributed by atoms with E-state index in [2.05, 4.69) is 20.2 Å². The van der Waals surface area contributed by atoms with E-state index in [0.717, 1.165) is 18.2 Å². The molecule has 0 bridgehead atoms. The third kappa shape index (κ3) is 4.35. The minimum atomic E-state index is 0.560. The van der Waals surface area contributed by atoms with E-state index in [1.165, 1.54) is 38.5 Å². The highest BCUT2D eigenvalue weighted by atomic mass is 15.2. The molecule has 1 saturated carbocycles. The van der Waals surface area contributed by atoms with Crippen LogP contribution in [0, 0.1) is 0 Å². The maximum absolute atomic E-state index is 5.57. The lowest BCUT2D eigenvalue weighted by atomic mass is 10.1. The Bertz CT molecular complexity index is 374. The van der Waals surface area contributed by atoms with Crippen LogP contribution in [0.1, 0.15) is 38.5 Å². The van der Waals surface area contributed by atoms with E-state index in [9.17, 15) is 0 Å². The van der Waals surface area contributed by atoms with Crippen molar-refractivity contribution in [3.8, 4) is 0 Å². The first-order chi connectivity index (χ1) is 9.29. The molecule has 5 heteroatoms. The van der Waals surface area contributed by atoms with E-state index >= 15 is 0 Å². The number of hydrogen-bond acceptors (Lipinski definition) is 5. The van der Waals surface area contributed by atoms with E-state index in [0.29, 0.717) is 12.6 Å². The smallest absolute Gasteiger partial charge is 0.133 e. The molecule has 1 aliphatic rings. The SMILES string of the molecule is CN(CCN)c1cc(NC2CCCCCC2)ncn1. The largest absolute Gasteiger partial charge is 0.367 e. The molecule has 2 rings (SSSR count). The maximum Gasteiger partial charge on any atom is 0.133 e. The highest BCUT2D eigenvalue weighted by Gasteiger charge is 2.13. The first-order valence-corrected chi connectivity index (χ1v) is 7.29. The zero-order valence-corrected chi connectivity index (χ0v) is 11.8. The average Bonchev–Trinajstić information content (AvgIpc) is 2.68. The zero-order valence-electron chi connectivity index (χ0n) is 11.8. The number of likely N-dealkylation sites (N-methyl/N-ethyl adjacent to an activating group) is 1. The van der Waals surface area contributed by atoms with Crippen molar-refractivity contribution in [1.82, 2.24) is 9.97 Å². The first-order valence-electron chi connectivity index (χ1n) is 7.29. The van der Waals surface area contributed by atoms with E-state index in [1.807, 2.05) is 13.1 Å². The van der Waals surface area contributed by atoms with Gasteiger partial charge in [-0.15, -0.1) is 0 Å². The van der Waals surface area contributed by atoms with Gasteiger partial charge in [-0.05, 0) is 12.8 Å². The minimum Gasteiger partial charge on any atom is -0.367 e. The average molecular weight is 263 g/mol. The highest BCUT2D eigenvalue weighted by Crippen LogP contribution is 2.21. The summed E-state index contributed by atoms with van der Waals surface area (Å²) in [7, 11) is 2.00. The zero-order chi connectivity index (χ0) is 13.5. The summed E-state index contributed by atoms with van der Waals surface area (Å²) in [5, 5.41) is 3.55. The molecule has 1 aliphatic carbocycles. The Kier molecular flexibility index (Phi) is 5.39. The normalized spacial score (nSPS) is 16.9. The van der Waals surface area contributed by atoms with Gasteiger partial charge in [-0.25, -0.2) is 9.97 Å². The predicted octanol–water partition coefficient (Wildman–Crippen LogP) is 2.01.